The summed E-state index contributed by atoms with van der Waals surface area (Å²) in [7, 11) is 1.53. The molecule has 0 saturated carbocycles. The van der Waals surface area contributed by atoms with Crippen LogP contribution in [-0.2, 0) is 17.6 Å². The summed E-state index contributed by atoms with van der Waals surface area (Å²) in [6, 6.07) is 3.42. The van der Waals surface area contributed by atoms with Gasteiger partial charge in [0.2, 0.25) is 0 Å². The molecular weight excluding hydrogens is 386 g/mol. The van der Waals surface area contributed by atoms with Crippen LogP contribution in [0, 0.1) is 11.8 Å². The Morgan fingerprint density at radius 3 is 2.00 bits per heavy atom. The lowest BCUT2D eigenvalue weighted by molar-refractivity contribution is 0.0993. The van der Waals surface area contributed by atoms with Gasteiger partial charge < -0.3 is 16.2 Å². The fraction of sp³-hybridized carbons (Fsp3) is 0.409. The largest absolute Gasteiger partial charge is 0.497 e. The van der Waals surface area contributed by atoms with Crippen molar-refractivity contribution < 1.29 is 14.3 Å². The van der Waals surface area contributed by atoms with Crippen molar-refractivity contribution in [3.8, 4) is 10.4 Å². The standard InChI is InChI=1S/C22H29N3O3S/c1-11(2)9-14-18(13(5)28-6)20(16-7-8-17(29-16)21(23)26)19(22(24)27)15(25-14)10-12(3)4/h7-8,11-12H,5,9-10H2,1-4,6H3,(H2,23,26)(H2,24,27). The summed E-state index contributed by atoms with van der Waals surface area (Å²) in [5.74, 6) is -0.0852. The summed E-state index contributed by atoms with van der Waals surface area (Å²) < 4.78 is 5.46. The van der Waals surface area contributed by atoms with E-state index in [2.05, 4.69) is 34.3 Å². The summed E-state index contributed by atoms with van der Waals surface area (Å²) in [5, 5.41) is 0. The Balaban J connectivity index is 2.97. The van der Waals surface area contributed by atoms with E-state index in [0.717, 1.165) is 5.69 Å². The average molecular weight is 416 g/mol. The monoisotopic (exact) mass is 415 g/mol. The molecule has 0 aliphatic carbocycles. The fourth-order valence-corrected chi connectivity index (χ4v) is 4.19. The molecular formula is C22H29N3O3S. The molecule has 0 atom stereocenters. The number of amides is 2. The highest BCUT2D eigenvalue weighted by atomic mass is 32.1. The van der Waals surface area contributed by atoms with Gasteiger partial charge in [0.05, 0.1) is 28.9 Å². The number of pyridine rings is 1. The average Bonchev–Trinajstić information content (AvgIpc) is 3.09. The summed E-state index contributed by atoms with van der Waals surface area (Å²) in [5.41, 5.74) is 14.3. The molecule has 6 nitrogen and oxygen atoms in total. The van der Waals surface area contributed by atoms with Gasteiger partial charge in [-0.2, -0.15) is 0 Å². The first-order valence-electron chi connectivity index (χ1n) is 9.55. The lowest BCUT2D eigenvalue weighted by Crippen LogP contribution is -2.21. The molecule has 2 aromatic rings. The number of hydrogen-bond acceptors (Lipinski definition) is 5. The maximum atomic E-state index is 12.6. The second kappa shape index (κ2) is 9.22. The molecule has 2 heterocycles. The van der Waals surface area contributed by atoms with E-state index in [1.165, 1.54) is 18.4 Å². The number of aromatic nitrogens is 1. The van der Waals surface area contributed by atoms with Gasteiger partial charge in [-0.25, -0.2) is 0 Å². The second-order valence-corrected chi connectivity index (χ2v) is 8.93. The van der Waals surface area contributed by atoms with Gasteiger partial charge >= 0.3 is 0 Å². The van der Waals surface area contributed by atoms with Crippen LogP contribution < -0.4 is 11.5 Å². The van der Waals surface area contributed by atoms with Crippen molar-refractivity contribution in [3.05, 3.63) is 46.1 Å². The van der Waals surface area contributed by atoms with Crippen molar-refractivity contribution in [2.75, 3.05) is 7.11 Å². The molecule has 0 bridgehead atoms. The van der Waals surface area contributed by atoms with E-state index in [1.807, 2.05) is 0 Å². The van der Waals surface area contributed by atoms with Crippen LogP contribution >= 0.6 is 11.3 Å². The van der Waals surface area contributed by atoms with Crippen LogP contribution in [0.1, 0.15) is 64.7 Å². The molecule has 2 amide bonds. The minimum atomic E-state index is -0.571. The van der Waals surface area contributed by atoms with Crippen molar-refractivity contribution in [2.24, 2.45) is 23.3 Å². The number of ether oxygens (including phenoxy) is 1. The van der Waals surface area contributed by atoms with Crippen LogP contribution in [0.4, 0.5) is 0 Å². The number of nitrogens with two attached hydrogens (primary N) is 2. The molecule has 0 unspecified atom stereocenters. The van der Waals surface area contributed by atoms with Crippen LogP contribution in [0.3, 0.4) is 0 Å². The maximum absolute atomic E-state index is 12.6. The first-order valence-corrected chi connectivity index (χ1v) is 10.4. The molecule has 0 fully saturated rings. The van der Waals surface area contributed by atoms with Crippen LogP contribution in [0.25, 0.3) is 16.2 Å². The SMILES string of the molecule is C=C(OC)c1c(CC(C)C)nc(CC(C)C)c(C(N)=O)c1-c1ccc(C(N)=O)s1. The van der Waals surface area contributed by atoms with Gasteiger partial charge in [-0.15, -0.1) is 11.3 Å². The van der Waals surface area contributed by atoms with Gasteiger partial charge in [0.15, 0.2) is 0 Å². The first-order chi connectivity index (χ1) is 13.6. The molecule has 4 N–H and O–H groups in total. The van der Waals surface area contributed by atoms with E-state index in [-0.39, 0.29) is 5.92 Å². The van der Waals surface area contributed by atoms with E-state index in [1.54, 1.807) is 12.1 Å². The summed E-state index contributed by atoms with van der Waals surface area (Å²) >= 11 is 1.22. The third-order valence-electron chi connectivity index (χ3n) is 4.42. The predicted octanol–water partition coefficient (Wildman–Crippen LogP) is 4.02. The number of nitrogens with zero attached hydrogens (tertiary/aromatic N) is 1. The zero-order valence-electron chi connectivity index (χ0n) is 17.7. The summed E-state index contributed by atoms with van der Waals surface area (Å²) in [6.07, 6.45) is 1.28. The lowest BCUT2D eigenvalue weighted by atomic mass is 9.90. The van der Waals surface area contributed by atoms with E-state index in [9.17, 15) is 9.59 Å². The van der Waals surface area contributed by atoms with E-state index in [4.69, 9.17) is 21.2 Å². The second-order valence-electron chi connectivity index (χ2n) is 7.85. The molecule has 0 aliphatic heterocycles. The minimum Gasteiger partial charge on any atom is -0.497 e. The lowest BCUT2D eigenvalue weighted by Gasteiger charge is -2.22. The number of primary amides is 2. The van der Waals surface area contributed by atoms with Gasteiger partial charge in [-0.05, 0) is 36.8 Å². The number of thiophene rings is 1. The molecule has 0 saturated heterocycles. The van der Waals surface area contributed by atoms with Gasteiger partial charge in [-0.1, -0.05) is 34.3 Å². The molecule has 156 valence electrons. The number of rotatable bonds is 9. The van der Waals surface area contributed by atoms with Crippen molar-refractivity contribution in [1.82, 2.24) is 4.98 Å². The smallest absolute Gasteiger partial charge is 0.258 e. The Labute approximate surface area is 176 Å². The van der Waals surface area contributed by atoms with Crippen molar-refractivity contribution in [1.29, 1.82) is 0 Å². The first kappa shape index (κ1) is 22.6. The highest BCUT2D eigenvalue weighted by Gasteiger charge is 2.27. The van der Waals surface area contributed by atoms with Crippen molar-refractivity contribution in [2.45, 2.75) is 40.5 Å². The Bertz CT molecular complexity index is 945. The van der Waals surface area contributed by atoms with E-state index in [0.29, 0.717) is 56.7 Å². The third-order valence-corrected chi connectivity index (χ3v) is 5.53. The van der Waals surface area contributed by atoms with E-state index < -0.39 is 11.8 Å². The summed E-state index contributed by atoms with van der Waals surface area (Å²) in [6.45, 7) is 12.4. The molecule has 0 spiro atoms. The molecule has 0 aromatic carbocycles. The fourth-order valence-electron chi connectivity index (χ4n) is 3.28. The number of carbonyl (C=O) groups excluding carboxylic acids is 2. The summed E-state index contributed by atoms with van der Waals surface area (Å²) in [4.78, 5) is 30.2. The van der Waals surface area contributed by atoms with E-state index >= 15 is 0 Å². The maximum Gasteiger partial charge on any atom is 0.258 e. The Kier molecular flexibility index (Phi) is 7.19. The van der Waals surface area contributed by atoms with Gasteiger partial charge in [0, 0.05) is 16.0 Å². The quantitative estimate of drug-likeness (QED) is 0.603. The van der Waals surface area contributed by atoms with Gasteiger partial charge in [-0.3, -0.25) is 14.6 Å². The Morgan fingerprint density at radius 2 is 1.59 bits per heavy atom. The van der Waals surface area contributed by atoms with Crippen LogP contribution in [0.5, 0.6) is 0 Å². The normalized spacial score (nSPS) is 11.1. The minimum absolute atomic E-state index is 0.279. The highest BCUT2D eigenvalue weighted by molar-refractivity contribution is 7.17. The zero-order valence-corrected chi connectivity index (χ0v) is 18.5. The number of hydrogen-bond donors (Lipinski definition) is 2. The van der Waals surface area contributed by atoms with Crippen LogP contribution in [0.15, 0.2) is 18.7 Å². The number of carbonyl (C=O) groups is 2. The Morgan fingerprint density at radius 1 is 1.03 bits per heavy atom. The predicted molar refractivity (Wildman–Crippen MR) is 118 cm³/mol. The highest BCUT2D eigenvalue weighted by Crippen LogP contribution is 2.40. The number of methoxy groups -OCH3 is 1. The van der Waals surface area contributed by atoms with Gasteiger partial charge in [0.1, 0.15) is 5.76 Å². The molecule has 2 rings (SSSR count). The molecule has 0 radical (unpaired) electrons. The van der Waals surface area contributed by atoms with Gasteiger partial charge in [0.25, 0.3) is 11.8 Å². The Hall–Kier alpha value is -2.67. The zero-order chi connectivity index (χ0) is 21.9. The van der Waals surface area contributed by atoms with Crippen LogP contribution in [-0.4, -0.2) is 23.9 Å². The van der Waals surface area contributed by atoms with Crippen molar-refractivity contribution in [3.63, 3.8) is 0 Å². The molecule has 0 aliphatic rings. The molecule has 7 heteroatoms. The topological polar surface area (TPSA) is 108 Å². The molecule has 2 aromatic heterocycles. The van der Waals surface area contributed by atoms with Crippen LogP contribution in [0.2, 0.25) is 0 Å². The molecule has 29 heavy (non-hydrogen) atoms. The third kappa shape index (κ3) is 5.03. The van der Waals surface area contributed by atoms with Crippen molar-refractivity contribution >= 4 is 28.9 Å².